The van der Waals surface area contributed by atoms with Gasteiger partial charge in [-0.15, -0.1) is 0 Å². The fourth-order valence-corrected chi connectivity index (χ4v) is 2.34. The number of rotatable bonds is 1. The number of halogens is 1. The van der Waals surface area contributed by atoms with E-state index in [-0.39, 0.29) is 5.91 Å². The molecule has 2 heterocycles. The number of amides is 1. The molecule has 0 atom stereocenters. The molecule has 0 unspecified atom stereocenters. The van der Waals surface area contributed by atoms with E-state index in [9.17, 15) is 4.79 Å². The molecule has 3 nitrogen and oxygen atoms in total. The van der Waals surface area contributed by atoms with E-state index in [0.717, 1.165) is 25.9 Å². The van der Waals surface area contributed by atoms with Crippen LogP contribution >= 0.6 is 11.6 Å². The lowest BCUT2D eigenvalue weighted by Gasteiger charge is -2.25. The Morgan fingerprint density at radius 3 is 2.47 bits per heavy atom. The number of carbonyl (C=O) groups excluding carboxylic acids is 1. The first-order valence-electron chi connectivity index (χ1n) is 6.18. The fourth-order valence-electron chi connectivity index (χ4n) is 2.16. The Bertz CT molecular complexity index is 387. The molecule has 1 fully saturated rings. The maximum atomic E-state index is 12.3. The lowest BCUT2D eigenvalue weighted by atomic mass is 10.1. The SMILES string of the molecule is O=C(c1cnccc1Cl)N1CCCCCCC1. The quantitative estimate of drug-likeness (QED) is 0.769. The summed E-state index contributed by atoms with van der Waals surface area (Å²) in [6.45, 7) is 1.67. The van der Waals surface area contributed by atoms with Gasteiger partial charge in [0.2, 0.25) is 0 Å². The van der Waals surface area contributed by atoms with E-state index in [1.165, 1.54) is 19.3 Å². The second kappa shape index (κ2) is 6.01. The summed E-state index contributed by atoms with van der Waals surface area (Å²) < 4.78 is 0. The summed E-state index contributed by atoms with van der Waals surface area (Å²) in [6, 6.07) is 1.67. The molecule has 1 aromatic rings. The van der Waals surface area contributed by atoms with Gasteiger partial charge in [-0.25, -0.2) is 0 Å². The molecule has 1 amide bonds. The van der Waals surface area contributed by atoms with E-state index in [2.05, 4.69) is 4.98 Å². The molecule has 0 bridgehead atoms. The molecule has 0 spiro atoms. The van der Waals surface area contributed by atoms with Crippen LogP contribution in [-0.4, -0.2) is 28.9 Å². The zero-order valence-electron chi connectivity index (χ0n) is 9.86. The van der Waals surface area contributed by atoms with Gasteiger partial charge < -0.3 is 4.90 Å². The number of hydrogen-bond acceptors (Lipinski definition) is 2. The molecule has 0 radical (unpaired) electrons. The highest BCUT2D eigenvalue weighted by molar-refractivity contribution is 6.33. The largest absolute Gasteiger partial charge is 0.339 e. The van der Waals surface area contributed by atoms with Crippen molar-refractivity contribution < 1.29 is 4.79 Å². The van der Waals surface area contributed by atoms with Gasteiger partial charge in [-0.3, -0.25) is 9.78 Å². The van der Waals surface area contributed by atoms with Crippen LogP contribution in [0.2, 0.25) is 5.02 Å². The monoisotopic (exact) mass is 252 g/mol. The predicted molar refractivity (Wildman–Crippen MR) is 68.2 cm³/mol. The summed E-state index contributed by atoms with van der Waals surface area (Å²) in [5, 5.41) is 0.493. The van der Waals surface area contributed by atoms with Crippen LogP contribution in [-0.2, 0) is 0 Å². The van der Waals surface area contributed by atoms with E-state index >= 15 is 0 Å². The summed E-state index contributed by atoms with van der Waals surface area (Å²) in [4.78, 5) is 18.2. The highest BCUT2D eigenvalue weighted by atomic mass is 35.5. The van der Waals surface area contributed by atoms with Gasteiger partial charge in [-0.05, 0) is 18.9 Å². The minimum atomic E-state index is 0.0185. The Kier molecular flexibility index (Phi) is 4.37. The average molecular weight is 253 g/mol. The highest BCUT2D eigenvalue weighted by Crippen LogP contribution is 2.18. The zero-order chi connectivity index (χ0) is 12.1. The average Bonchev–Trinajstić information content (AvgIpc) is 2.28. The van der Waals surface area contributed by atoms with Crippen molar-refractivity contribution >= 4 is 17.5 Å². The third-order valence-electron chi connectivity index (χ3n) is 3.14. The van der Waals surface area contributed by atoms with E-state index in [0.29, 0.717) is 10.6 Å². The first kappa shape index (κ1) is 12.4. The molecule has 1 aliphatic heterocycles. The predicted octanol–water partition coefficient (Wildman–Crippen LogP) is 3.14. The zero-order valence-corrected chi connectivity index (χ0v) is 10.6. The van der Waals surface area contributed by atoms with Crippen LogP contribution in [0.15, 0.2) is 18.5 Å². The Morgan fingerprint density at radius 1 is 1.18 bits per heavy atom. The van der Waals surface area contributed by atoms with Crippen LogP contribution in [0.4, 0.5) is 0 Å². The summed E-state index contributed by atoms with van der Waals surface area (Å²) in [6.07, 6.45) is 9.05. The lowest BCUT2D eigenvalue weighted by Crippen LogP contribution is -2.34. The first-order valence-corrected chi connectivity index (χ1v) is 6.55. The highest BCUT2D eigenvalue weighted by Gasteiger charge is 2.18. The Hall–Kier alpha value is -1.09. The third kappa shape index (κ3) is 3.19. The summed E-state index contributed by atoms with van der Waals surface area (Å²) in [7, 11) is 0. The third-order valence-corrected chi connectivity index (χ3v) is 3.47. The van der Waals surface area contributed by atoms with Gasteiger partial charge in [-0.1, -0.05) is 30.9 Å². The van der Waals surface area contributed by atoms with Crippen LogP contribution in [0.3, 0.4) is 0 Å². The summed E-state index contributed by atoms with van der Waals surface area (Å²) in [5.74, 6) is 0.0185. The number of hydrogen-bond donors (Lipinski definition) is 0. The molecule has 0 aromatic carbocycles. The molecule has 0 saturated carbocycles. The minimum Gasteiger partial charge on any atom is -0.339 e. The van der Waals surface area contributed by atoms with Gasteiger partial charge in [0.15, 0.2) is 0 Å². The molecule has 1 saturated heterocycles. The summed E-state index contributed by atoms with van der Waals surface area (Å²) in [5.41, 5.74) is 0.523. The standard InChI is InChI=1S/C13H17ClN2O/c14-12-6-7-15-10-11(12)13(17)16-8-4-2-1-3-5-9-16/h6-7,10H,1-5,8-9H2. The van der Waals surface area contributed by atoms with Crippen LogP contribution in [0.1, 0.15) is 42.5 Å². The van der Waals surface area contributed by atoms with Crippen molar-refractivity contribution in [1.82, 2.24) is 9.88 Å². The molecule has 1 aliphatic rings. The van der Waals surface area contributed by atoms with Crippen molar-refractivity contribution in [3.63, 3.8) is 0 Å². The molecule has 17 heavy (non-hydrogen) atoms. The van der Waals surface area contributed by atoms with Crippen molar-refractivity contribution in [1.29, 1.82) is 0 Å². The topological polar surface area (TPSA) is 33.2 Å². The Labute approximate surface area is 107 Å². The number of carbonyl (C=O) groups is 1. The maximum Gasteiger partial charge on any atom is 0.256 e. The first-order chi connectivity index (χ1) is 8.29. The van der Waals surface area contributed by atoms with E-state index < -0.39 is 0 Å². The van der Waals surface area contributed by atoms with Gasteiger partial charge in [0.1, 0.15) is 0 Å². The normalized spacial score (nSPS) is 17.4. The minimum absolute atomic E-state index is 0.0185. The smallest absolute Gasteiger partial charge is 0.256 e. The molecular weight excluding hydrogens is 236 g/mol. The number of pyridine rings is 1. The number of nitrogens with zero attached hydrogens (tertiary/aromatic N) is 2. The van der Waals surface area contributed by atoms with Crippen molar-refractivity contribution in [2.75, 3.05) is 13.1 Å². The Morgan fingerprint density at radius 2 is 1.82 bits per heavy atom. The van der Waals surface area contributed by atoms with E-state index in [1.807, 2.05) is 4.90 Å². The number of likely N-dealkylation sites (tertiary alicyclic amines) is 1. The molecule has 92 valence electrons. The second-order valence-corrected chi connectivity index (χ2v) is 4.82. The van der Waals surface area contributed by atoms with Crippen molar-refractivity contribution in [3.05, 3.63) is 29.0 Å². The molecule has 0 N–H and O–H groups in total. The van der Waals surface area contributed by atoms with Gasteiger partial charge in [-0.2, -0.15) is 0 Å². The van der Waals surface area contributed by atoms with Gasteiger partial charge in [0.25, 0.3) is 5.91 Å². The van der Waals surface area contributed by atoms with Gasteiger partial charge >= 0.3 is 0 Å². The fraction of sp³-hybridized carbons (Fsp3) is 0.538. The maximum absolute atomic E-state index is 12.3. The second-order valence-electron chi connectivity index (χ2n) is 4.42. The molecule has 2 rings (SSSR count). The van der Waals surface area contributed by atoms with E-state index in [1.54, 1.807) is 18.5 Å². The van der Waals surface area contributed by atoms with Gasteiger partial charge in [0, 0.05) is 25.5 Å². The van der Waals surface area contributed by atoms with Crippen molar-refractivity contribution in [2.45, 2.75) is 32.1 Å². The lowest BCUT2D eigenvalue weighted by molar-refractivity contribution is 0.0742. The van der Waals surface area contributed by atoms with Crippen LogP contribution in [0, 0.1) is 0 Å². The molecule has 1 aromatic heterocycles. The van der Waals surface area contributed by atoms with Crippen molar-refractivity contribution in [2.24, 2.45) is 0 Å². The number of aromatic nitrogens is 1. The van der Waals surface area contributed by atoms with Crippen LogP contribution in [0.5, 0.6) is 0 Å². The Balaban J connectivity index is 2.10. The summed E-state index contributed by atoms with van der Waals surface area (Å²) >= 11 is 6.02. The van der Waals surface area contributed by atoms with Crippen molar-refractivity contribution in [3.8, 4) is 0 Å². The molecule has 0 aliphatic carbocycles. The van der Waals surface area contributed by atoms with E-state index in [4.69, 9.17) is 11.6 Å². The molecular formula is C13H17ClN2O. The molecule has 4 heteroatoms. The van der Waals surface area contributed by atoms with Crippen LogP contribution < -0.4 is 0 Å². The van der Waals surface area contributed by atoms with Gasteiger partial charge in [0.05, 0.1) is 10.6 Å². The van der Waals surface area contributed by atoms with Crippen LogP contribution in [0.25, 0.3) is 0 Å².